The van der Waals surface area contributed by atoms with Gasteiger partial charge in [0.05, 0.1) is 12.3 Å². The van der Waals surface area contributed by atoms with Gasteiger partial charge >= 0.3 is 6.18 Å². The fraction of sp³-hybridized carbons (Fsp3) is 1.00. The Morgan fingerprint density at radius 2 is 1.64 bits per heavy atom. The Hall–Kier alpha value is -0.300. The van der Waals surface area contributed by atoms with Gasteiger partial charge in [-0.15, -0.1) is 0 Å². The van der Waals surface area contributed by atoms with Crippen molar-refractivity contribution >= 4 is 9.84 Å². The van der Waals surface area contributed by atoms with Crippen molar-refractivity contribution in [3.63, 3.8) is 0 Å². The summed E-state index contributed by atoms with van der Waals surface area (Å²) < 4.78 is 57.1. The molecule has 0 saturated carbocycles. The van der Waals surface area contributed by atoms with Crippen molar-refractivity contribution in [3.8, 4) is 0 Å². The number of hydrogen-bond donors (Lipinski definition) is 1. The minimum atomic E-state index is -4.32. The summed E-state index contributed by atoms with van der Waals surface area (Å²) in [6.07, 6.45) is -3.33. The molecule has 0 aromatic carbocycles. The number of hydrogen-bond acceptors (Lipinski definition) is 3. The van der Waals surface area contributed by atoms with E-state index in [2.05, 4.69) is 5.32 Å². The maximum Gasteiger partial charge on any atom is 0.401 e. The van der Waals surface area contributed by atoms with Crippen LogP contribution in [-0.4, -0.2) is 38.7 Å². The Kier molecular flexibility index (Phi) is 3.97. The van der Waals surface area contributed by atoms with Crippen LogP contribution in [0, 0.1) is 0 Å². The maximum absolute atomic E-state index is 11.8. The summed E-state index contributed by atoms with van der Waals surface area (Å²) in [7, 11) is -3.28. The van der Waals surface area contributed by atoms with Crippen LogP contribution in [0.4, 0.5) is 13.2 Å². The van der Waals surface area contributed by atoms with E-state index >= 15 is 0 Å². The van der Waals surface area contributed by atoms with E-state index in [1.807, 2.05) is 0 Å². The van der Waals surface area contributed by atoms with E-state index in [-0.39, 0.29) is 5.75 Å². The zero-order valence-corrected chi connectivity index (χ0v) is 9.09. The molecule has 0 amide bonds. The molecule has 0 fully saturated rings. The van der Waals surface area contributed by atoms with Crippen molar-refractivity contribution < 1.29 is 21.6 Å². The third-order valence-electron chi connectivity index (χ3n) is 1.39. The van der Waals surface area contributed by atoms with Gasteiger partial charge in [0.1, 0.15) is 9.84 Å². The van der Waals surface area contributed by atoms with Crippen molar-refractivity contribution in [2.24, 2.45) is 0 Å². The fourth-order valence-corrected chi connectivity index (χ4v) is 2.46. The summed E-state index contributed by atoms with van der Waals surface area (Å²) in [6, 6.07) is 0. The first-order chi connectivity index (χ1) is 5.91. The van der Waals surface area contributed by atoms with Gasteiger partial charge in [-0.05, 0) is 13.8 Å². The highest BCUT2D eigenvalue weighted by Crippen LogP contribution is 2.15. The molecule has 0 bridgehead atoms. The van der Waals surface area contributed by atoms with Crippen molar-refractivity contribution in [1.82, 2.24) is 5.32 Å². The van der Waals surface area contributed by atoms with E-state index in [1.54, 1.807) is 0 Å². The fourth-order valence-electron chi connectivity index (χ4n) is 1.05. The highest BCUT2D eigenvalue weighted by molar-refractivity contribution is 7.90. The molecule has 0 rings (SSSR count). The van der Waals surface area contributed by atoms with Crippen molar-refractivity contribution in [2.45, 2.75) is 25.6 Å². The first-order valence-corrected chi connectivity index (χ1v) is 5.97. The molecule has 7 heteroatoms. The average molecular weight is 233 g/mol. The smallest absolute Gasteiger partial charge is 0.303 e. The lowest BCUT2D eigenvalue weighted by atomic mass is 10.1. The Labute approximate surface area is 81.6 Å². The molecular weight excluding hydrogens is 219 g/mol. The normalized spacial score (nSPS) is 14.4. The average Bonchev–Trinajstić information content (AvgIpc) is 1.76. The molecule has 86 valence electrons. The van der Waals surface area contributed by atoms with Crippen LogP contribution in [-0.2, 0) is 9.84 Å². The van der Waals surface area contributed by atoms with Gasteiger partial charge in [0.25, 0.3) is 0 Å². The van der Waals surface area contributed by atoms with Crippen LogP contribution in [0.2, 0.25) is 0 Å². The number of rotatable bonds is 4. The number of halogens is 3. The second kappa shape index (κ2) is 4.06. The second-order valence-electron chi connectivity index (χ2n) is 3.92. The standard InChI is InChI=1S/C7H14F3NO2S/c1-6(2,5-14(3,12)13)11-4-7(8,9)10/h11H,4-5H2,1-3H3. The molecule has 1 N–H and O–H groups in total. The number of alkyl halides is 3. The van der Waals surface area contributed by atoms with Crippen LogP contribution in [0.15, 0.2) is 0 Å². The first-order valence-electron chi connectivity index (χ1n) is 3.91. The van der Waals surface area contributed by atoms with Gasteiger partial charge in [-0.3, -0.25) is 0 Å². The quantitative estimate of drug-likeness (QED) is 0.786. The molecule has 0 radical (unpaired) electrons. The third-order valence-corrected chi connectivity index (χ3v) is 2.64. The van der Waals surface area contributed by atoms with Gasteiger partial charge in [0, 0.05) is 11.8 Å². The highest BCUT2D eigenvalue weighted by Gasteiger charge is 2.31. The second-order valence-corrected chi connectivity index (χ2v) is 6.06. The zero-order valence-electron chi connectivity index (χ0n) is 8.27. The molecule has 0 aliphatic heterocycles. The highest BCUT2D eigenvalue weighted by atomic mass is 32.2. The lowest BCUT2D eigenvalue weighted by molar-refractivity contribution is -0.127. The van der Waals surface area contributed by atoms with Gasteiger partial charge in [-0.25, -0.2) is 8.42 Å². The van der Waals surface area contributed by atoms with Gasteiger partial charge in [0.2, 0.25) is 0 Å². The maximum atomic E-state index is 11.8. The molecule has 0 atom stereocenters. The third kappa shape index (κ3) is 8.31. The monoisotopic (exact) mass is 233 g/mol. The van der Waals surface area contributed by atoms with Gasteiger partial charge < -0.3 is 5.32 Å². The van der Waals surface area contributed by atoms with E-state index in [4.69, 9.17) is 0 Å². The molecule has 0 aromatic heterocycles. The largest absolute Gasteiger partial charge is 0.401 e. The van der Waals surface area contributed by atoms with E-state index in [9.17, 15) is 21.6 Å². The molecule has 0 unspecified atom stereocenters. The Bertz CT molecular complexity index is 282. The minimum Gasteiger partial charge on any atom is -0.303 e. The molecule has 0 heterocycles. The Morgan fingerprint density at radius 1 is 1.21 bits per heavy atom. The SMILES string of the molecule is CC(C)(CS(C)(=O)=O)NCC(F)(F)F. The molecule has 14 heavy (non-hydrogen) atoms. The first kappa shape index (κ1) is 13.7. The van der Waals surface area contributed by atoms with E-state index < -0.39 is 28.1 Å². The zero-order chi connectivity index (χ0) is 11.6. The molecule has 0 spiro atoms. The summed E-state index contributed by atoms with van der Waals surface area (Å²) in [5.41, 5.74) is -1.07. The Morgan fingerprint density at radius 3 is 1.93 bits per heavy atom. The van der Waals surface area contributed by atoms with Crippen molar-refractivity contribution in [1.29, 1.82) is 0 Å². The van der Waals surface area contributed by atoms with E-state index in [0.29, 0.717) is 0 Å². The molecule has 0 aliphatic rings. The van der Waals surface area contributed by atoms with Crippen molar-refractivity contribution in [3.05, 3.63) is 0 Å². The number of nitrogens with one attached hydrogen (secondary N) is 1. The topological polar surface area (TPSA) is 46.2 Å². The van der Waals surface area contributed by atoms with E-state index in [0.717, 1.165) is 6.26 Å². The van der Waals surface area contributed by atoms with Crippen molar-refractivity contribution in [2.75, 3.05) is 18.6 Å². The van der Waals surface area contributed by atoms with E-state index in [1.165, 1.54) is 13.8 Å². The van der Waals surface area contributed by atoms with Gasteiger partial charge in [-0.1, -0.05) is 0 Å². The lowest BCUT2D eigenvalue weighted by Crippen LogP contribution is -2.48. The Balaban J connectivity index is 4.23. The molecule has 0 aliphatic carbocycles. The van der Waals surface area contributed by atoms with Crippen LogP contribution >= 0.6 is 0 Å². The van der Waals surface area contributed by atoms with Crippen LogP contribution in [0.3, 0.4) is 0 Å². The predicted molar refractivity (Wildman–Crippen MR) is 47.8 cm³/mol. The molecular formula is C7H14F3NO2S. The minimum absolute atomic E-state index is 0.323. The van der Waals surface area contributed by atoms with Crippen LogP contribution in [0.25, 0.3) is 0 Å². The number of sulfone groups is 1. The predicted octanol–water partition coefficient (Wildman–Crippen LogP) is 0.962. The summed E-state index contributed by atoms with van der Waals surface area (Å²) in [5.74, 6) is -0.323. The molecule has 0 aromatic rings. The summed E-state index contributed by atoms with van der Waals surface area (Å²) in [4.78, 5) is 0. The lowest BCUT2D eigenvalue weighted by Gasteiger charge is -2.25. The van der Waals surface area contributed by atoms with Crippen LogP contribution in [0.1, 0.15) is 13.8 Å². The molecule has 0 saturated heterocycles. The van der Waals surface area contributed by atoms with Crippen LogP contribution < -0.4 is 5.32 Å². The van der Waals surface area contributed by atoms with Gasteiger partial charge in [-0.2, -0.15) is 13.2 Å². The summed E-state index contributed by atoms with van der Waals surface area (Å²) in [5, 5.41) is 2.15. The van der Waals surface area contributed by atoms with Gasteiger partial charge in [0.15, 0.2) is 0 Å². The summed E-state index contributed by atoms with van der Waals surface area (Å²) >= 11 is 0. The van der Waals surface area contributed by atoms with Crippen LogP contribution in [0.5, 0.6) is 0 Å². The summed E-state index contributed by atoms with van der Waals surface area (Å²) in [6.45, 7) is 1.65. The molecule has 3 nitrogen and oxygen atoms in total.